The van der Waals surface area contributed by atoms with Gasteiger partial charge in [0.25, 0.3) is 0 Å². The molecule has 1 aromatic carbocycles. The lowest BCUT2D eigenvalue weighted by Crippen LogP contribution is -2.24. The van der Waals surface area contributed by atoms with E-state index in [9.17, 15) is 18.0 Å². The summed E-state index contributed by atoms with van der Waals surface area (Å²) in [4.78, 5) is 11.3. The second-order valence-corrected chi connectivity index (χ2v) is 4.80. The summed E-state index contributed by atoms with van der Waals surface area (Å²) < 4.78 is 38.2. The van der Waals surface area contributed by atoms with Gasteiger partial charge in [-0.3, -0.25) is 4.79 Å². The molecule has 2 nitrogen and oxygen atoms in total. The van der Waals surface area contributed by atoms with Gasteiger partial charge in [0.2, 0.25) is 5.91 Å². The van der Waals surface area contributed by atoms with Crippen LogP contribution < -0.4 is 5.32 Å². The van der Waals surface area contributed by atoms with E-state index in [1.54, 1.807) is 13.0 Å². The minimum Gasteiger partial charge on any atom is -0.353 e. The van der Waals surface area contributed by atoms with Crippen molar-refractivity contribution in [3.63, 3.8) is 0 Å². The molecule has 1 aliphatic rings. The smallest absolute Gasteiger partial charge is 0.353 e. The Bertz CT molecular complexity index is 482. The van der Waals surface area contributed by atoms with Crippen LogP contribution in [0.15, 0.2) is 18.2 Å². The van der Waals surface area contributed by atoms with Crippen LogP contribution >= 0.6 is 0 Å². The Kier molecular flexibility index (Phi) is 3.09. The van der Waals surface area contributed by atoms with Crippen molar-refractivity contribution in [2.75, 3.05) is 0 Å². The molecule has 5 heteroatoms. The Hall–Kier alpha value is -1.52. The van der Waals surface area contributed by atoms with E-state index in [-0.39, 0.29) is 24.3 Å². The zero-order chi connectivity index (χ0) is 13.5. The van der Waals surface area contributed by atoms with Crippen LogP contribution in [-0.4, -0.2) is 11.9 Å². The normalized spacial score (nSPS) is 24.2. The third-order valence-corrected chi connectivity index (χ3v) is 3.25. The molecule has 0 radical (unpaired) electrons. The zero-order valence-electron chi connectivity index (χ0n) is 10.1. The Morgan fingerprint density at radius 1 is 1.28 bits per heavy atom. The summed E-state index contributed by atoms with van der Waals surface area (Å²) in [5.41, 5.74) is 0.489. The average molecular weight is 257 g/mol. The van der Waals surface area contributed by atoms with Crippen LogP contribution in [0.3, 0.4) is 0 Å². The van der Waals surface area contributed by atoms with Crippen LogP contribution in [0.1, 0.15) is 36.0 Å². The molecule has 1 saturated heterocycles. The molecule has 1 aromatic rings. The summed E-state index contributed by atoms with van der Waals surface area (Å²) in [6.07, 6.45) is -4.10. The average Bonchev–Trinajstić information content (AvgIpc) is 2.55. The third kappa shape index (κ3) is 2.49. The number of alkyl halides is 3. The Labute approximate surface area is 103 Å². The first-order chi connectivity index (χ1) is 8.27. The number of nitrogens with one attached hydrogen (secondary N) is 1. The van der Waals surface area contributed by atoms with Crippen LogP contribution in [0, 0.1) is 6.92 Å². The fourth-order valence-corrected chi connectivity index (χ4v) is 2.39. The standard InChI is InChI=1S/C13H14F3NO/c1-7-3-9(5-10(4-7)13(14,15)16)11-6-12(18)17-8(11)2/h3-5,8,11H,6H2,1-2H3,(H,17,18)/t8-,11-/m0/s1. The van der Waals surface area contributed by atoms with Gasteiger partial charge in [0.05, 0.1) is 5.56 Å². The van der Waals surface area contributed by atoms with Crippen LogP contribution in [0.4, 0.5) is 13.2 Å². The van der Waals surface area contributed by atoms with E-state index in [0.717, 1.165) is 12.1 Å². The molecule has 0 aliphatic carbocycles. The maximum absolute atomic E-state index is 12.7. The highest BCUT2D eigenvalue weighted by atomic mass is 19.4. The van der Waals surface area contributed by atoms with Gasteiger partial charge in [0, 0.05) is 18.4 Å². The fourth-order valence-electron chi connectivity index (χ4n) is 2.39. The highest BCUT2D eigenvalue weighted by molar-refractivity contribution is 5.80. The van der Waals surface area contributed by atoms with Gasteiger partial charge in [-0.15, -0.1) is 0 Å². The van der Waals surface area contributed by atoms with Crippen molar-refractivity contribution in [3.8, 4) is 0 Å². The number of carbonyl (C=O) groups is 1. The molecule has 1 aliphatic heterocycles. The van der Waals surface area contributed by atoms with E-state index in [0.29, 0.717) is 11.1 Å². The van der Waals surface area contributed by atoms with E-state index in [4.69, 9.17) is 0 Å². The van der Waals surface area contributed by atoms with E-state index >= 15 is 0 Å². The molecule has 2 atom stereocenters. The monoisotopic (exact) mass is 257 g/mol. The molecule has 0 bridgehead atoms. The van der Waals surface area contributed by atoms with E-state index < -0.39 is 11.7 Å². The fraction of sp³-hybridized carbons (Fsp3) is 0.462. The van der Waals surface area contributed by atoms with Gasteiger partial charge in [-0.1, -0.05) is 11.6 Å². The van der Waals surface area contributed by atoms with Crippen LogP contribution in [-0.2, 0) is 11.0 Å². The number of benzene rings is 1. The van der Waals surface area contributed by atoms with Gasteiger partial charge in [-0.05, 0) is 31.5 Å². The van der Waals surface area contributed by atoms with Gasteiger partial charge in [-0.25, -0.2) is 0 Å². The second-order valence-electron chi connectivity index (χ2n) is 4.80. The second kappa shape index (κ2) is 4.30. The molecule has 1 fully saturated rings. The van der Waals surface area contributed by atoms with Gasteiger partial charge >= 0.3 is 6.18 Å². The molecular weight excluding hydrogens is 243 g/mol. The van der Waals surface area contributed by atoms with Crippen LogP contribution in [0.25, 0.3) is 0 Å². The van der Waals surface area contributed by atoms with E-state index in [2.05, 4.69) is 5.32 Å². The lowest BCUT2D eigenvalue weighted by Gasteiger charge is -2.17. The van der Waals surface area contributed by atoms with Crippen molar-refractivity contribution < 1.29 is 18.0 Å². The molecule has 0 saturated carbocycles. The summed E-state index contributed by atoms with van der Waals surface area (Å²) in [6, 6.07) is 3.86. The van der Waals surface area contributed by atoms with Crippen LogP contribution in [0.5, 0.6) is 0 Å². The van der Waals surface area contributed by atoms with E-state index in [1.165, 1.54) is 0 Å². The number of hydrogen-bond acceptors (Lipinski definition) is 1. The lowest BCUT2D eigenvalue weighted by molar-refractivity contribution is -0.137. The molecular formula is C13H14F3NO. The molecule has 98 valence electrons. The number of carbonyl (C=O) groups excluding carboxylic acids is 1. The first-order valence-corrected chi connectivity index (χ1v) is 5.75. The summed E-state index contributed by atoms with van der Waals surface area (Å²) >= 11 is 0. The molecule has 0 aromatic heterocycles. The maximum atomic E-state index is 12.7. The predicted octanol–water partition coefficient (Wildman–Crippen LogP) is 3.01. The predicted molar refractivity (Wildman–Crippen MR) is 61.1 cm³/mol. The number of aryl methyl sites for hydroxylation is 1. The number of rotatable bonds is 1. The van der Waals surface area contributed by atoms with Crippen molar-refractivity contribution in [3.05, 3.63) is 34.9 Å². The Morgan fingerprint density at radius 3 is 2.44 bits per heavy atom. The van der Waals surface area contributed by atoms with Gasteiger partial charge in [0.15, 0.2) is 0 Å². The minimum atomic E-state index is -4.35. The summed E-state index contributed by atoms with van der Waals surface area (Å²) in [7, 11) is 0. The Balaban J connectivity index is 2.40. The molecule has 0 spiro atoms. The van der Waals surface area contributed by atoms with Gasteiger partial charge < -0.3 is 5.32 Å². The number of hydrogen-bond donors (Lipinski definition) is 1. The third-order valence-electron chi connectivity index (χ3n) is 3.25. The van der Waals surface area contributed by atoms with E-state index in [1.807, 2.05) is 6.92 Å². The molecule has 1 heterocycles. The molecule has 1 amide bonds. The summed E-state index contributed by atoms with van der Waals surface area (Å²) in [6.45, 7) is 3.44. The molecule has 2 rings (SSSR count). The first kappa shape index (κ1) is 12.9. The summed E-state index contributed by atoms with van der Waals surface area (Å²) in [5, 5.41) is 2.72. The first-order valence-electron chi connectivity index (χ1n) is 5.75. The zero-order valence-corrected chi connectivity index (χ0v) is 10.1. The summed E-state index contributed by atoms with van der Waals surface area (Å²) in [5.74, 6) is -0.291. The van der Waals surface area contributed by atoms with Crippen molar-refractivity contribution in [2.45, 2.75) is 38.4 Å². The highest BCUT2D eigenvalue weighted by Gasteiger charge is 2.34. The maximum Gasteiger partial charge on any atom is 0.416 e. The number of halogens is 3. The van der Waals surface area contributed by atoms with Crippen molar-refractivity contribution in [1.82, 2.24) is 5.32 Å². The lowest BCUT2D eigenvalue weighted by atomic mass is 9.90. The number of amides is 1. The molecule has 1 N–H and O–H groups in total. The minimum absolute atomic E-state index is 0.109. The van der Waals surface area contributed by atoms with Crippen LogP contribution in [0.2, 0.25) is 0 Å². The Morgan fingerprint density at radius 2 is 1.94 bits per heavy atom. The SMILES string of the molecule is Cc1cc([C@H]2CC(=O)N[C@H]2C)cc(C(F)(F)F)c1. The molecule has 18 heavy (non-hydrogen) atoms. The van der Waals surface area contributed by atoms with Gasteiger partial charge in [0.1, 0.15) is 0 Å². The molecule has 0 unspecified atom stereocenters. The van der Waals surface area contributed by atoms with Crippen molar-refractivity contribution in [2.24, 2.45) is 0 Å². The van der Waals surface area contributed by atoms with Crippen molar-refractivity contribution in [1.29, 1.82) is 0 Å². The van der Waals surface area contributed by atoms with Gasteiger partial charge in [-0.2, -0.15) is 13.2 Å². The quantitative estimate of drug-likeness (QED) is 0.823. The van der Waals surface area contributed by atoms with Crippen molar-refractivity contribution >= 4 is 5.91 Å². The topological polar surface area (TPSA) is 29.1 Å². The largest absolute Gasteiger partial charge is 0.416 e. The highest BCUT2D eigenvalue weighted by Crippen LogP contribution is 2.35.